The highest BCUT2D eigenvalue weighted by atomic mass is 35.5. The number of carbonyl (C=O) groups excluding carboxylic acids is 1. The summed E-state index contributed by atoms with van der Waals surface area (Å²) >= 11 is 12.0. The van der Waals surface area contributed by atoms with Crippen LogP contribution in [0.2, 0.25) is 10.0 Å². The number of halogens is 2. The first-order chi connectivity index (χ1) is 9.70. The third kappa shape index (κ3) is 3.69. The molecule has 0 saturated carbocycles. The fraction of sp³-hybridized carbons (Fsp3) is 0.462. The molecular formula is C13H16Cl2N2O3S. The van der Waals surface area contributed by atoms with Crippen molar-refractivity contribution in [2.24, 2.45) is 0 Å². The maximum absolute atomic E-state index is 12.5. The molecule has 0 unspecified atom stereocenters. The molecule has 1 atom stereocenters. The zero-order chi connectivity index (χ0) is 15.8. The lowest BCUT2D eigenvalue weighted by Gasteiger charge is -2.32. The summed E-state index contributed by atoms with van der Waals surface area (Å²) in [7, 11) is -3.52. The van der Waals surface area contributed by atoms with Crippen LogP contribution in [-0.2, 0) is 9.84 Å². The van der Waals surface area contributed by atoms with Gasteiger partial charge in [0, 0.05) is 31.9 Å². The van der Waals surface area contributed by atoms with Crippen LogP contribution in [-0.4, -0.2) is 51.2 Å². The summed E-state index contributed by atoms with van der Waals surface area (Å²) in [4.78, 5) is 14.1. The molecule has 0 radical (unpaired) electrons. The summed E-state index contributed by atoms with van der Waals surface area (Å²) in [5.74, 6) is -0.282. The molecule has 1 amide bonds. The number of carbonyl (C=O) groups is 1. The molecule has 1 aliphatic rings. The fourth-order valence-electron chi connectivity index (χ4n) is 2.26. The maximum atomic E-state index is 12.5. The molecule has 1 aromatic rings. The van der Waals surface area contributed by atoms with Crippen LogP contribution < -0.4 is 5.32 Å². The zero-order valence-electron chi connectivity index (χ0n) is 11.7. The van der Waals surface area contributed by atoms with Gasteiger partial charge in [0.1, 0.15) is 0 Å². The van der Waals surface area contributed by atoms with Crippen molar-refractivity contribution in [1.82, 2.24) is 10.2 Å². The van der Waals surface area contributed by atoms with Crippen LogP contribution in [0.1, 0.15) is 17.3 Å². The minimum absolute atomic E-state index is 0.0210. The molecule has 1 saturated heterocycles. The summed E-state index contributed by atoms with van der Waals surface area (Å²) in [5, 5.41) is 3.41. The van der Waals surface area contributed by atoms with Gasteiger partial charge in [-0.15, -0.1) is 0 Å². The van der Waals surface area contributed by atoms with E-state index in [2.05, 4.69) is 5.32 Å². The third-order valence-corrected chi connectivity index (χ3v) is 5.18. The predicted molar refractivity (Wildman–Crippen MR) is 82.9 cm³/mol. The number of amides is 1. The Balaban J connectivity index is 2.41. The minimum Gasteiger partial charge on any atom is -0.336 e. The van der Waals surface area contributed by atoms with Gasteiger partial charge in [-0.25, -0.2) is 8.42 Å². The summed E-state index contributed by atoms with van der Waals surface area (Å²) in [5.41, 5.74) is 0.163. The molecule has 0 spiro atoms. The van der Waals surface area contributed by atoms with Gasteiger partial charge < -0.3 is 10.2 Å². The monoisotopic (exact) mass is 350 g/mol. The number of piperazine rings is 1. The van der Waals surface area contributed by atoms with Crippen molar-refractivity contribution in [3.63, 3.8) is 0 Å². The lowest BCUT2D eigenvalue weighted by molar-refractivity contribution is 0.0709. The van der Waals surface area contributed by atoms with E-state index in [0.29, 0.717) is 19.6 Å². The quantitative estimate of drug-likeness (QED) is 0.883. The zero-order valence-corrected chi connectivity index (χ0v) is 14.0. The number of sulfone groups is 1. The Morgan fingerprint density at radius 3 is 2.57 bits per heavy atom. The average molecular weight is 351 g/mol. The Morgan fingerprint density at radius 2 is 2.00 bits per heavy atom. The Hall–Kier alpha value is -0.820. The highest BCUT2D eigenvalue weighted by Crippen LogP contribution is 2.29. The molecule has 0 aromatic heterocycles. The first kappa shape index (κ1) is 16.5. The summed E-state index contributed by atoms with van der Waals surface area (Å²) in [6.45, 7) is 3.77. The summed E-state index contributed by atoms with van der Waals surface area (Å²) in [6.07, 6.45) is 1.04. The van der Waals surface area contributed by atoms with Gasteiger partial charge in [-0.05, 0) is 19.1 Å². The predicted octanol–water partition coefficient (Wildman–Crippen LogP) is 1.83. The lowest BCUT2D eigenvalue weighted by Crippen LogP contribution is -2.51. The average Bonchev–Trinajstić information content (AvgIpc) is 2.36. The van der Waals surface area contributed by atoms with Gasteiger partial charge in [-0.2, -0.15) is 0 Å². The van der Waals surface area contributed by atoms with Crippen molar-refractivity contribution < 1.29 is 13.2 Å². The first-order valence-electron chi connectivity index (χ1n) is 6.42. The molecule has 116 valence electrons. The second-order valence-electron chi connectivity index (χ2n) is 5.14. The van der Waals surface area contributed by atoms with Gasteiger partial charge in [0.2, 0.25) is 0 Å². The Kier molecular flexibility index (Phi) is 4.82. The van der Waals surface area contributed by atoms with Gasteiger partial charge in [0.05, 0.1) is 20.5 Å². The second kappa shape index (κ2) is 6.12. The van der Waals surface area contributed by atoms with Crippen LogP contribution in [0.25, 0.3) is 0 Å². The number of hydrogen-bond donors (Lipinski definition) is 1. The van der Waals surface area contributed by atoms with Crippen molar-refractivity contribution in [3.8, 4) is 0 Å². The number of nitrogens with one attached hydrogen (secondary N) is 1. The van der Waals surface area contributed by atoms with Crippen LogP contribution in [0.3, 0.4) is 0 Å². The van der Waals surface area contributed by atoms with Gasteiger partial charge in [0.15, 0.2) is 9.84 Å². The van der Waals surface area contributed by atoms with Crippen LogP contribution in [0.15, 0.2) is 17.0 Å². The molecule has 0 aliphatic carbocycles. The van der Waals surface area contributed by atoms with Crippen molar-refractivity contribution in [3.05, 3.63) is 27.7 Å². The minimum atomic E-state index is -3.52. The molecular weight excluding hydrogens is 335 g/mol. The van der Waals surface area contributed by atoms with Crippen LogP contribution in [0.5, 0.6) is 0 Å². The maximum Gasteiger partial charge on any atom is 0.255 e. The van der Waals surface area contributed by atoms with Crippen LogP contribution in [0.4, 0.5) is 0 Å². The van der Waals surface area contributed by atoms with Gasteiger partial charge in [-0.3, -0.25) is 4.79 Å². The lowest BCUT2D eigenvalue weighted by atomic mass is 10.1. The van der Waals surface area contributed by atoms with E-state index < -0.39 is 9.84 Å². The SMILES string of the molecule is C[C@@H]1CN(C(=O)c2cc(S(C)(=O)=O)c(Cl)cc2Cl)CCN1. The molecule has 21 heavy (non-hydrogen) atoms. The van der Waals surface area contributed by atoms with E-state index in [1.807, 2.05) is 6.92 Å². The molecule has 5 nitrogen and oxygen atoms in total. The van der Waals surface area contributed by atoms with E-state index in [4.69, 9.17) is 23.2 Å². The van der Waals surface area contributed by atoms with E-state index >= 15 is 0 Å². The standard InChI is InChI=1S/C13H16Cl2N2O3S/c1-8-7-17(4-3-16-8)13(18)9-5-12(21(2,19)20)11(15)6-10(9)14/h5-6,8,16H,3-4,7H2,1-2H3/t8-/m1/s1. The van der Waals surface area contributed by atoms with Gasteiger partial charge in [-0.1, -0.05) is 23.2 Å². The Morgan fingerprint density at radius 1 is 1.33 bits per heavy atom. The van der Waals surface area contributed by atoms with Crippen molar-refractivity contribution >= 4 is 38.9 Å². The number of nitrogens with zero attached hydrogens (tertiary/aromatic N) is 1. The molecule has 1 N–H and O–H groups in total. The first-order valence-corrected chi connectivity index (χ1v) is 9.06. The van der Waals surface area contributed by atoms with Gasteiger partial charge >= 0.3 is 0 Å². The third-order valence-electron chi connectivity index (χ3n) is 3.31. The summed E-state index contributed by atoms with van der Waals surface area (Å²) in [6, 6.07) is 2.75. The van der Waals surface area contributed by atoms with Gasteiger partial charge in [0.25, 0.3) is 5.91 Å². The normalized spacial score (nSPS) is 19.6. The number of rotatable bonds is 2. The molecule has 1 heterocycles. The second-order valence-corrected chi connectivity index (χ2v) is 7.94. The number of benzene rings is 1. The molecule has 1 aliphatic heterocycles. The van der Waals surface area contributed by atoms with E-state index in [0.717, 1.165) is 6.26 Å². The topological polar surface area (TPSA) is 66.5 Å². The van der Waals surface area contributed by atoms with E-state index in [1.165, 1.54) is 12.1 Å². The smallest absolute Gasteiger partial charge is 0.255 e. The van der Waals surface area contributed by atoms with Crippen LogP contribution >= 0.6 is 23.2 Å². The van der Waals surface area contributed by atoms with E-state index in [9.17, 15) is 13.2 Å². The van der Waals surface area contributed by atoms with Crippen molar-refractivity contribution in [2.45, 2.75) is 17.9 Å². The molecule has 1 aromatic carbocycles. The molecule has 8 heteroatoms. The Labute approximate surface area is 134 Å². The fourth-order valence-corrected chi connectivity index (χ4v) is 3.89. The van der Waals surface area contributed by atoms with E-state index in [-0.39, 0.29) is 32.5 Å². The van der Waals surface area contributed by atoms with Crippen molar-refractivity contribution in [2.75, 3.05) is 25.9 Å². The Bertz CT molecular complexity index is 676. The van der Waals surface area contributed by atoms with Crippen LogP contribution in [0, 0.1) is 0 Å². The molecule has 0 bridgehead atoms. The summed E-state index contributed by atoms with van der Waals surface area (Å²) < 4.78 is 23.4. The van der Waals surface area contributed by atoms with E-state index in [1.54, 1.807) is 4.90 Å². The molecule has 2 rings (SSSR count). The largest absolute Gasteiger partial charge is 0.336 e. The highest BCUT2D eigenvalue weighted by molar-refractivity contribution is 7.90. The van der Waals surface area contributed by atoms with Crippen molar-refractivity contribution in [1.29, 1.82) is 0 Å². The molecule has 1 fully saturated rings. The highest BCUT2D eigenvalue weighted by Gasteiger charge is 2.25. The number of hydrogen-bond acceptors (Lipinski definition) is 4.